The van der Waals surface area contributed by atoms with Crippen molar-refractivity contribution < 1.29 is 89.1 Å². The van der Waals surface area contributed by atoms with Gasteiger partial charge in [-0.05, 0) is 71.2 Å². The van der Waals surface area contributed by atoms with E-state index in [0.29, 0.717) is 16.7 Å². The second-order valence-corrected chi connectivity index (χ2v) is 13.5. The summed E-state index contributed by atoms with van der Waals surface area (Å²) in [5.41, 5.74) is 1.00. The number of methoxy groups -OCH3 is 2. The molecule has 10 unspecified atom stereocenters. The molecule has 6 rings (SSSR count). The molecule has 10 N–H and O–H groups in total. The first-order chi connectivity index (χ1) is 27.2. The van der Waals surface area contributed by atoms with E-state index in [1.807, 2.05) is 0 Å². The van der Waals surface area contributed by atoms with Gasteiger partial charge in [0.15, 0.2) is 23.6 Å². The summed E-state index contributed by atoms with van der Waals surface area (Å²) in [5.74, 6) is -2.53. The van der Waals surface area contributed by atoms with Crippen LogP contribution in [0.15, 0.2) is 54.6 Å². The standard InChI is InChI=1S/C39H42O18/c1-52-23-9-16(10-24(53-2)30(23)45)3-8-27(44)54-20-6-4-17(5-7-20)18-11-19-13-22(43)29(33(48)28(19)21(42)12-18)37-38(35(50)32(47)25(14-40)55-37)57-39-36(51)34(49)31(46)26(15-41)56-39/h3-10,12-13,25-26,31-32,34-41,43,45-51H,11,14-15H2,1-2H3. The minimum absolute atomic E-state index is 0.0286. The zero-order chi connectivity index (χ0) is 41.3. The number of carbonyl (C=O) groups excluding carboxylic acids is 2. The highest BCUT2D eigenvalue weighted by Crippen LogP contribution is 2.47. The predicted molar refractivity (Wildman–Crippen MR) is 193 cm³/mol. The van der Waals surface area contributed by atoms with Crippen LogP contribution in [0.2, 0.25) is 0 Å². The van der Waals surface area contributed by atoms with Crippen molar-refractivity contribution in [2.45, 2.75) is 67.6 Å². The number of allylic oxidation sites excluding steroid dienone is 2. The number of aromatic hydroxyl groups is 3. The van der Waals surface area contributed by atoms with Crippen LogP contribution in [0.4, 0.5) is 0 Å². The fourth-order valence-electron chi connectivity index (χ4n) is 6.96. The van der Waals surface area contributed by atoms with Crippen molar-refractivity contribution in [1.29, 1.82) is 0 Å². The number of ketones is 1. The van der Waals surface area contributed by atoms with Gasteiger partial charge in [-0.3, -0.25) is 4.79 Å². The Morgan fingerprint density at radius 1 is 0.807 bits per heavy atom. The van der Waals surface area contributed by atoms with Crippen molar-refractivity contribution >= 4 is 23.4 Å². The van der Waals surface area contributed by atoms with Crippen LogP contribution in [-0.4, -0.2) is 145 Å². The average Bonchev–Trinajstić information content (AvgIpc) is 3.19. The maximum Gasteiger partial charge on any atom is 0.336 e. The molecule has 0 spiro atoms. The fraction of sp³-hybridized carbons (Fsp3) is 0.385. The van der Waals surface area contributed by atoms with Gasteiger partial charge in [-0.15, -0.1) is 0 Å². The lowest BCUT2D eigenvalue weighted by atomic mass is 9.82. The Balaban J connectivity index is 1.21. The molecule has 3 aromatic rings. The van der Waals surface area contributed by atoms with Gasteiger partial charge in [-0.2, -0.15) is 0 Å². The van der Waals surface area contributed by atoms with E-state index in [-0.39, 0.29) is 40.5 Å². The number of rotatable bonds is 11. The van der Waals surface area contributed by atoms with Gasteiger partial charge in [0.2, 0.25) is 5.75 Å². The second kappa shape index (κ2) is 17.2. The number of phenols is 3. The SMILES string of the molecule is COc1cc(C=CC(=O)Oc2ccc(C3=CC(=O)c4c(cc(O)c(C5OC(CO)C(O)C(O)C5OC5OC(CO)C(O)C(O)C5O)c4O)C3)cc2)cc(OC)c1O. The first kappa shape index (κ1) is 41.5. The van der Waals surface area contributed by atoms with Gasteiger partial charge < -0.3 is 79.5 Å². The van der Waals surface area contributed by atoms with E-state index in [2.05, 4.69) is 0 Å². The monoisotopic (exact) mass is 798 g/mol. The van der Waals surface area contributed by atoms with Gasteiger partial charge in [0.05, 0.1) is 38.6 Å². The Morgan fingerprint density at radius 2 is 1.42 bits per heavy atom. The molecule has 2 heterocycles. The van der Waals surface area contributed by atoms with Gasteiger partial charge in [0, 0.05) is 6.08 Å². The highest BCUT2D eigenvalue weighted by Gasteiger charge is 2.52. The third-order valence-electron chi connectivity index (χ3n) is 9.98. The minimum atomic E-state index is -1.94. The third kappa shape index (κ3) is 8.18. The van der Waals surface area contributed by atoms with Crippen LogP contribution in [0.3, 0.4) is 0 Å². The van der Waals surface area contributed by atoms with Crippen molar-refractivity contribution in [3.63, 3.8) is 0 Å². The number of esters is 1. The van der Waals surface area contributed by atoms with Crippen molar-refractivity contribution in [2.75, 3.05) is 27.4 Å². The molecule has 0 bridgehead atoms. The van der Waals surface area contributed by atoms with Gasteiger partial charge in [0.25, 0.3) is 0 Å². The number of benzene rings is 3. The molecule has 0 aromatic heterocycles. The maximum absolute atomic E-state index is 13.6. The second-order valence-electron chi connectivity index (χ2n) is 13.5. The summed E-state index contributed by atoms with van der Waals surface area (Å²) in [6.07, 6.45) is -13.7. The van der Waals surface area contributed by atoms with E-state index in [4.69, 9.17) is 28.4 Å². The minimum Gasteiger partial charge on any atom is -0.507 e. The van der Waals surface area contributed by atoms with E-state index in [1.165, 1.54) is 62.8 Å². The van der Waals surface area contributed by atoms with Crippen LogP contribution in [0.1, 0.15) is 38.7 Å². The van der Waals surface area contributed by atoms with Gasteiger partial charge in [-0.1, -0.05) is 12.1 Å². The third-order valence-corrected chi connectivity index (χ3v) is 9.98. The fourth-order valence-corrected chi connectivity index (χ4v) is 6.96. The zero-order valence-electron chi connectivity index (χ0n) is 30.4. The number of aliphatic hydroxyl groups excluding tert-OH is 7. The molecule has 18 heteroatoms. The Kier molecular flexibility index (Phi) is 12.5. The first-order valence-electron chi connectivity index (χ1n) is 17.6. The first-order valence-corrected chi connectivity index (χ1v) is 17.6. The number of ether oxygens (including phenoxy) is 6. The van der Waals surface area contributed by atoms with E-state index < -0.39 is 103 Å². The number of hydrogen-bond acceptors (Lipinski definition) is 18. The lowest BCUT2D eigenvalue weighted by molar-refractivity contribution is -0.342. The van der Waals surface area contributed by atoms with Crippen LogP contribution < -0.4 is 14.2 Å². The van der Waals surface area contributed by atoms with Crippen LogP contribution >= 0.6 is 0 Å². The molecule has 2 saturated heterocycles. The topological polar surface area (TPSA) is 292 Å². The molecular formula is C39H42O18. The molecule has 3 aromatic carbocycles. The molecule has 10 atom stereocenters. The summed E-state index contributed by atoms with van der Waals surface area (Å²) in [6, 6.07) is 10.4. The summed E-state index contributed by atoms with van der Waals surface area (Å²) in [7, 11) is 2.74. The van der Waals surface area contributed by atoms with Gasteiger partial charge in [-0.25, -0.2) is 4.79 Å². The molecule has 2 aliphatic heterocycles. The van der Waals surface area contributed by atoms with E-state index in [9.17, 15) is 60.7 Å². The average molecular weight is 799 g/mol. The normalized spacial score (nSPS) is 28.8. The van der Waals surface area contributed by atoms with Gasteiger partial charge >= 0.3 is 5.97 Å². The lowest BCUT2D eigenvalue weighted by Gasteiger charge is -2.46. The van der Waals surface area contributed by atoms with Crippen molar-refractivity contribution in [3.05, 3.63) is 82.4 Å². The summed E-state index contributed by atoms with van der Waals surface area (Å²) < 4.78 is 32.5. The Morgan fingerprint density at radius 3 is 2.04 bits per heavy atom. The van der Waals surface area contributed by atoms with Crippen molar-refractivity contribution in [3.8, 4) is 34.5 Å². The highest BCUT2D eigenvalue weighted by atomic mass is 16.7. The number of fused-ring (bicyclic) bond motifs is 1. The molecule has 57 heavy (non-hydrogen) atoms. The molecule has 3 aliphatic rings. The van der Waals surface area contributed by atoms with Gasteiger partial charge in [0.1, 0.15) is 72.2 Å². The van der Waals surface area contributed by atoms with Crippen LogP contribution in [0.5, 0.6) is 34.5 Å². The molecule has 306 valence electrons. The highest BCUT2D eigenvalue weighted by molar-refractivity contribution is 6.14. The molecule has 18 nitrogen and oxygen atoms in total. The molecular weight excluding hydrogens is 756 g/mol. The maximum atomic E-state index is 13.6. The number of aliphatic hydroxyl groups is 7. The molecule has 0 saturated carbocycles. The molecule has 1 aliphatic carbocycles. The number of phenolic OH excluding ortho intramolecular Hbond substituents is 3. The quantitative estimate of drug-likeness (QED) is 0.0671. The molecule has 0 radical (unpaired) electrons. The summed E-state index contributed by atoms with van der Waals surface area (Å²) >= 11 is 0. The Labute approximate surface area is 324 Å². The molecule has 2 fully saturated rings. The summed E-state index contributed by atoms with van der Waals surface area (Å²) in [5, 5.41) is 105. The van der Waals surface area contributed by atoms with Crippen molar-refractivity contribution in [1.82, 2.24) is 0 Å². The Bertz CT molecular complexity index is 2000. The van der Waals surface area contributed by atoms with Crippen LogP contribution in [-0.2, 0) is 25.4 Å². The lowest BCUT2D eigenvalue weighted by Crippen LogP contribution is -2.62. The van der Waals surface area contributed by atoms with E-state index in [0.717, 1.165) is 0 Å². The Hall–Kier alpha value is -5.12. The summed E-state index contributed by atoms with van der Waals surface area (Å²) in [6.45, 7) is -1.64. The molecule has 0 amide bonds. The number of hydrogen-bond donors (Lipinski definition) is 10. The zero-order valence-corrected chi connectivity index (χ0v) is 30.4. The van der Waals surface area contributed by atoms with E-state index in [1.54, 1.807) is 12.1 Å². The van der Waals surface area contributed by atoms with Crippen LogP contribution in [0.25, 0.3) is 11.6 Å². The smallest absolute Gasteiger partial charge is 0.336 e. The number of carbonyl (C=O) groups is 2. The summed E-state index contributed by atoms with van der Waals surface area (Å²) in [4.78, 5) is 26.2. The largest absolute Gasteiger partial charge is 0.507 e. The predicted octanol–water partition coefficient (Wildman–Crippen LogP) is -0.399. The van der Waals surface area contributed by atoms with Crippen molar-refractivity contribution in [2.24, 2.45) is 0 Å². The van der Waals surface area contributed by atoms with E-state index >= 15 is 0 Å². The van der Waals surface area contributed by atoms with Crippen LogP contribution in [0, 0.1) is 0 Å².